The van der Waals surface area contributed by atoms with Crippen molar-refractivity contribution in [3.05, 3.63) is 65.7 Å². The number of nitrogens with two attached hydrogens (primary N) is 1. The number of hydrogen-bond acceptors (Lipinski definition) is 4. The van der Waals surface area contributed by atoms with Crippen molar-refractivity contribution in [3.63, 3.8) is 0 Å². The number of amides is 2. The van der Waals surface area contributed by atoms with Crippen LogP contribution in [0.25, 0.3) is 0 Å². The minimum atomic E-state index is -4.01. The molecule has 0 fully saturated rings. The Labute approximate surface area is 159 Å². The van der Waals surface area contributed by atoms with Gasteiger partial charge in [-0.15, -0.1) is 0 Å². The lowest BCUT2D eigenvalue weighted by Gasteiger charge is -2.25. The first-order valence-electron chi connectivity index (χ1n) is 8.29. The number of benzene rings is 2. The van der Waals surface area contributed by atoms with Crippen molar-refractivity contribution in [3.8, 4) is 0 Å². The van der Waals surface area contributed by atoms with Gasteiger partial charge in [-0.2, -0.15) is 4.72 Å². The zero-order valence-corrected chi connectivity index (χ0v) is 16.2. The Balaban J connectivity index is 2.36. The summed E-state index contributed by atoms with van der Waals surface area (Å²) in [6.07, 6.45) is 0. The monoisotopic (exact) mass is 389 g/mol. The van der Waals surface area contributed by atoms with Gasteiger partial charge in [-0.3, -0.25) is 9.59 Å². The Bertz CT molecular complexity index is 918. The Morgan fingerprint density at radius 2 is 1.52 bits per heavy atom. The van der Waals surface area contributed by atoms with Crippen molar-refractivity contribution in [2.45, 2.75) is 37.2 Å². The standard InChI is InChI=1S/C19H23N3O4S/c1-19(2,3)21-18(24)16(13-7-5-4-6-8-13)22-27(25,26)15-11-9-14(10-12-15)17(20)23/h4-12,16,22H,1-3H3,(H2,20,23)(H,21,24). The molecule has 7 nitrogen and oxygen atoms in total. The number of nitrogens with one attached hydrogen (secondary N) is 2. The molecule has 0 aliphatic rings. The van der Waals surface area contributed by atoms with Gasteiger partial charge in [0, 0.05) is 11.1 Å². The van der Waals surface area contributed by atoms with Crippen molar-refractivity contribution in [2.24, 2.45) is 5.73 Å². The average Bonchev–Trinajstić information content (AvgIpc) is 2.59. The molecule has 0 aromatic heterocycles. The van der Waals surface area contributed by atoms with E-state index in [0.29, 0.717) is 5.56 Å². The van der Waals surface area contributed by atoms with E-state index in [1.165, 1.54) is 24.3 Å². The van der Waals surface area contributed by atoms with Crippen LogP contribution >= 0.6 is 0 Å². The van der Waals surface area contributed by atoms with Gasteiger partial charge in [-0.25, -0.2) is 8.42 Å². The Hall–Kier alpha value is -2.71. The molecular formula is C19H23N3O4S. The van der Waals surface area contributed by atoms with Gasteiger partial charge in [0.25, 0.3) is 0 Å². The molecule has 2 aromatic carbocycles. The first-order valence-corrected chi connectivity index (χ1v) is 9.77. The summed E-state index contributed by atoms with van der Waals surface area (Å²) in [5, 5.41) is 2.79. The molecule has 1 unspecified atom stereocenters. The van der Waals surface area contributed by atoms with E-state index in [1.54, 1.807) is 30.3 Å². The van der Waals surface area contributed by atoms with Gasteiger partial charge in [-0.1, -0.05) is 30.3 Å². The van der Waals surface area contributed by atoms with E-state index >= 15 is 0 Å². The maximum Gasteiger partial charge on any atom is 0.248 e. The quantitative estimate of drug-likeness (QED) is 0.697. The molecular weight excluding hydrogens is 366 g/mol. The Morgan fingerprint density at radius 3 is 2.00 bits per heavy atom. The second-order valence-electron chi connectivity index (χ2n) is 7.09. The number of primary amides is 1. The molecule has 27 heavy (non-hydrogen) atoms. The van der Waals surface area contributed by atoms with Gasteiger partial charge in [0.1, 0.15) is 6.04 Å². The summed E-state index contributed by atoms with van der Waals surface area (Å²) in [6.45, 7) is 5.43. The highest BCUT2D eigenvalue weighted by Crippen LogP contribution is 2.19. The van der Waals surface area contributed by atoms with E-state index in [4.69, 9.17) is 5.73 Å². The first-order chi connectivity index (χ1) is 12.5. The number of carbonyl (C=O) groups excluding carboxylic acids is 2. The van der Waals surface area contributed by atoms with E-state index in [2.05, 4.69) is 10.0 Å². The Kier molecular flexibility index (Phi) is 6.02. The Morgan fingerprint density at radius 1 is 0.963 bits per heavy atom. The van der Waals surface area contributed by atoms with Crippen molar-refractivity contribution in [1.29, 1.82) is 0 Å². The highest BCUT2D eigenvalue weighted by molar-refractivity contribution is 7.89. The first kappa shape index (κ1) is 20.6. The predicted molar refractivity (Wildman–Crippen MR) is 102 cm³/mol. The van der Waals surface area contributed by atoms with Gasteiger partial charge in [0.05, 0.1) is 4.90 Å². The summed E-state index contributed by atoms with van der Waals surface area (Å²) in [6, 6.07) is 12.7. The van der Waals surface area contributed by atoms with E-state index in [1.807, 2.05) is 20.8 Å². The van der Waals surface area contributed by atoms with Crippen LogP contribution in [-0.2, 0) is 14.8 Å². The lowest BCUT2D eigenvalue weighted by molar-refractivity contribution is -0.124. The van der Waals surface area contributed by atoms with Gasteiger partial charge in [0.15, 0.2) is 0 Å². The van der Waals surface area contributed by atoms with Crippen molar-refractivity contribution in [2.75, 3.05) is 0 Å². The largest absolute Gasteiger partial charge is 0.366 e. The van der Waals surface area contributed by atoms with E-state index in [-0.39, 0.29) is 10.5 Å². The third kappa shape index (κ3) is 5.63. The molecule has 2 amide bonds. The summed E-state index contributed by atoms with van der Waals surface area (Å²) in [5.74, 6) is -1.12. The maximum absolute atomic E-state index is 12.8. The SMILES string of the molecule is CC(C)(C)NC(=O)C(NS(=O)(=O)c1ccc(C(N)=O)cc1)c1ccccc1. The summed E-state index contributed by atoms with van der Waals surface area (Å²) in [5.41, 5.74) is 5.35. The van der Waals surface area contributed by atoms with Gasteiger partial charge in [-0.05, 0) is 50.6 Å². The van der Waals surface area contributed by atoms with Crippen LogP contribution in [0.3, 0.4) is 0 Å². The molecule has 1 atom stereocenters. The van der Waals surface area contributed by atoms with Crippen LogP contribution < -0.4 is 15.8 Å². The highest BCUT2D eigenvalue weighted by Gasteiger charge is 2.29. The summed E-state index contributed by atoms with van der Waals surface area (Å²) >= 11 is 0. The normalized spacial score (nSPS) is 13.0. The van der Waals surface area contributed by atoms with Crippen LogP contribution in [0.4, 0.5) is 0 Å². The van der Waals surface area contributed by atoms with E-state index in [0.717, 1.165) is 0 Å². The molecule has 0 saturated heterocycles. The summed E-state index contributed by atoms with van der Waals surface area (Å²) in [7, 11) is -4.01. The molecule has 2 rings (SSSR count). The fourth-order valence-electron chi connectivity index (χ4n) is 2.38. The van der Waals surface area contributed by atoms with Crippen LogP contribution in [0, 0.1) is 0 Å². The predicted octanol–water partition coefficient (Wildman–Crippen LogP) is 1.72. The lowest BCUT2D eigenvalue weighted by atomic mass is 10.0. The second kappa shape index (κ2) is 7.89. The molecule has 0 aliphatic heterocycles. The molecule has 2 aromatic rings. The molecule has 0 aliphatic carbocycles. The van der Waals surface area contributed by atoms with Gasteiger partial charge in [0.2, 0.25) is 21.8 Å². The van der Waals surface area contributed by atoms with Crippen LogP contribution in [0.2, 0.25) is 0 Å². The number of carbonyl (C=O) groups is 2. The number of hydrogen-bond donors (Lipinski definition) is 3. The topological polar surface area (TPSA) is 118 Å². The second-order valence-corrected chi connectivity index (χ2v) is 8.81. The molecule has 0 bridgehead atoms. The zero-order chi connectivity index (χ0) is 20.2. The van der Waals surface area contributed by atoms with Crippen molar-refractivity contribution >= 4 is 21.8 Å². The number of sulfonamides is 1. The molecule has 4 N–H and O–H groups in total. The van der Waals surface area contributed by atoms with Crippen molar-refractivity contribution in [1.82, 2.24) is 10.0 Å². The third-order valence-corrected chi connectivity index (χ3v) is 5.05. The van der Waals surface area contributed by atoms with Crippen LogP contribution in [0.5, 0.6) is 0 Å². The fourth-order valence-corrected chi connectivity index (χ4v) is 3.57. The van der Waals surface area contributed by atoms with Crippen LogP contribution in [-0.4, -0.2) is 25.8 Å². The molecule has 0 saturated carbocycles. The highest BCUT2D eigenvalue weighted by atomic mass is 32.2. The van der Waals surface area contributed by atoms with E-state index < -0.39 is 33.4 Å². The zero-order valence-electron chi connectivity index (χ0n) is 15.4. The maximum atomic E-state index is 12.8. The van der Waals surface area contributed by atoms with Gasteiger partial charge >= 0.3 is 0 Å². The minimum Gasteiger partial charge on any atom is -0.366 e. The average molecular weight is 389 g/mol. The van der Waals surface area contributed by atoms with E-state index in [9.17, 15) is 18.0 Å². The summed E-state index contributed by atoms with van der Waals surface area (Å²) < 4.78 is 28.0. The van der Waals surface area contributed by atoms with Gasteiger partial charge < -0.3 is 11.1 Å². The lowest BCUT2D eigenvalue weighted by Crippen LogP contribution is -2.47. The summed E-state index contributed by atoms with van der Waals surface area (Å²) in [4.78, 5) is 23.8. The molecule has 0 radical (unpaired) electrons. The molecule has 0 spiro atoms. The molecule has 8 heteroatoms. The van der Waals surface area contributed by atoms with Crippen molar-refractivity contribution < 1.29 is 18.0 Å². The molecule has 0 heterocycles. The smallest absolute Gasteiger partial charge is 0.248 e. The van der Waals surface area contributed by atoms with Crippen LogP contribution in [0.15, 0.2) is 59.5 Å². The fraction of sp³-hybridized carbons (Fsp3) is 0.263. The third-order valence-electron chi connectivity index (χ3n) is 3.62. The molecule has 144 valence electrons. The minimum absolute atomic E-state index is 0.0722. The van der Waals surface area contributed by atoms with Crippen LogP contribution in [0.1, 0.15) is 42.7 Å². The number of rotatable bonds is 6.